The number of halogens is 1. The summed E-state index contributed by atoms with van der Waals surface area (Å²) in [5.41, 5.74) is 0.813. The normalized spacial score (nSPS) is 11.0. The molecular weight excluding hydrogens is 324 g/mol. The topological polar surface area (TPSA) is 87.2 Å². The molecule has 0 amide bonds. The van der Waals surface area contributed by atoms with Crippen molar-refractivity contribution in [2.24, 2.45) is 0 Å². The number of nitrogens with zero attached hydrogens (tertiary/aromatic N) is 8. The van der Waals surface area contributed by atoms with Crippen molar-refractivity contribution < 1.29 is 0 Å². The predicted molar refractivity (Wildman–Crippen MR) is 81.8 cm³/mol. The summed E-state index contributed by atoms with van der Waals surface area (Å²) in [6, 6.07) is 7.37. The average molecular weight is 337 g/mol. The Labute approximate surface area is 135 Å². The minimum absolute atomic E-state index is 0.591. The van der Waals surface area contributed by atoms with E-state index in [1.165, 1.54) is 11.8 Å². The van der Waals surface area contributed by atoms with Crippen molar-refractivity contribution in [2.45, 2.75) is 30.8 Å². The molecule has 0 spiro atoms. The van der Waals surface area contributed by atoms with Gasteiger partial charge in [-0.05, 0) is 45.5 Å². The fourth-order valence-corrected chi connectivity index (χ4v) is 2.89. The molecule has 0 radical (unpaired) electrons. The molecule has 1 aromatic carbocycles. The van der Waals surface area contributed by atoms with Gasteiger partial charge in [-0.15, -0.1) is 10.2 Å². The van der Waals surface area contributed by atoms with Crippen molar-refractivity contribution in [1.82, 2.24) is 40.4 Å². The maximum absolute atomic E-state index is 6.01. The molecule has 2 heterocycles. The van der Waals surface area contributed by atoms with Gasteiger partial charge < -0.3 is 0 Å². The van der Waals surface area contributed by atoms with Crippen LogP contribution in [0.3, 0.4) is 0 Å². The van der Waals surface area contributed by atoms with Gasteiger partial charge in [-0.1, -0.05) is 36.4 Å². The standard InChI is InChI=1S/C12H13ClN8S/c1-2-6-20-11(14-16-18-20)8-22-12-15-17-19-21(12)10-5-3-4-9(13)7-10/h3-5,7H,2,6,8H2,1H3. The first-order valence-electron chi connectivity index (χ1n) is 6.70. The number of thioether (sulfide) groups is 1. The molecule has 2 aromatic heterocycles. The molecule has 3 aromatic rings. The summed E-state index contributed by atoms with van der Waals surface area (Å²) in [4.78, 5) is 0. The van der Waals surface area contributed by atoms with Gasteiger partial charge >= 0.3 is 0 Å². The lowest BCUT2D eigenvalue weighted by atomic mass is 10.3. The zero-order valence-electron chi connectivity index (χ0n) is 11.8. The van der Waals surface area contributed by atoms with E-state index in [9.17, 15) is 0 Å². The second kappa shape index (κ2) is 6.84. The van der Waals surface area contributed by atoms with E-state index in [0.29, 0.717) is 15.9 Å². The molecule has 0 aliphatic carbocycles. The van der Waals surface area contributed by atoms with E-state index in [0.717, 1.165) is 24.5 Å². The number of hydrogen-bond donors (Lipinski definition) is 0. The third-order valence-electron chi connectivity index (χ3n) is 2.87. The van der Waals surface area contributed by atoms with Gasteiger partial charge in [-0.3, -0.25) is 0 Å². The van der Waals surface area contributed by atoms with E-state index in [-0.39, 0.29) is 0 Å². The lowest BCUT2D eigenvalue weighted by Gasteiger charge is -2.05. The van der Waals surface area contributed by atoms with Gasteiger partial charge in [0.25, 0.3) is 0 Å². The van der Waals surface area contributed by atoms with Gasteiger partial charge in [0.1, 0.15) is 0 Å². The average Bonchev–Trinajstić information content (AvgIpc) is 3.14. The van der Waals surface area contributed by atoms with Crippen molar-refractivity contribution in [3.8, 4) is 5.69 Å². The molecular formula is C12H13ClN8S. The SMILES string of the molecule is CCCn1nnnc1CSc1nnnn1-c1cccc(Cl)c1. The van der Waals surface area contributed by atoms with Gasteiger partial charge in [-0.25, -0.2) is 4.68 Å². The van der Waals surface area contributed by atoms with Gasteiger partial charge in [0.2, 0.25) is 5.16 Å². The Kier molecular flexibility index (Phi) is 4.64. The van der Waals surface area contributed by atoms with Crippen LogP contribution in [0, 0.1) is 0 Å². The van der Waals surface area contributed by atoms with Crippen molar-refractivity contribution >= 4 is 23.4 Å². The Morgan fingerprint density at radius 2 is 2.05 bits per heavy atom. The molecule has 0 aliphatic rings. The molecule has 0 fully saturated rings. The summed E-state index contributed by atoms with van der Waals surface area (Å²) in [5, 5.41) is 24.8. The highest BCUT2D eigenvalue weighted by atomic mass is 35.5. The van der Waals surface area contributed by atoms with Crippen LogP contribution in [0.1, 0.15) is 19.2 Å². The first kappa shape index (κ1) is 14.9. The molecule has 0 saturated carbocycles. The van der Waals surface area contributed by atoms with E-state index in [4.69, 9.17) is 11.6 Å². The number of benzene rings is 1. The highest BCUT2D eigenvalue weighted by Gasteiger charge is 2.12. The first-order valence-corrected chi connectivity index (χ1v) is 8.06. The third kappa shape index (κ3) is 3.25. The minimum atomic E-state index is 0.591. The summed E-state index contributed by atoms with van der Waals surface area (Å²) >= 11 is 7.48. The summed E-state index contributed by atoms with van der Waals surface area (Å²) in [7, 11) is 0. The molecule has 10 heteroatoms. The van der Waals surface area contributed by atoms with Gasteiger partial charge in [-0.2, -0.15) is 4.68 Å². The second-order valence-corrected chi connectivity index (χ2v) is 5.84. The Balaban J connectivity index is 1.77. The molecule has 0 bridgehead atoms. The number of aryl methyl sites for hydroxylation is 1. The van der Waals surface area contributed by atoms with Crippen LogP contribution in [0.25, 0.3) is 5.69 Å². The van der Waals surface area contributed by atoms with Gasteiger partial charge in [0.05, 0.1) is 11.4 Å². The number of rotatable bonds is 6. The fraction of sp³-hybridized carbons (Fsp3) is 0.333. The van der Waals surface area contributed by atoms with E-state index in [1.54, 1.807) is 15.4 Å². The lowest BCUT2D eigenvalue weighted by molar-refractivity contribution is 0.564. The molecule has 22 heavy (non-hydrogen) atoms. The van der Waals surface area contributed by atoms with Crippen LogP contribution >= 0.6 is 23.4 Å². The largest absolute Gasteiger partial charge is 0.229 e. The molecule has 3 rings (SSSR count). The van der Waals surface area contributed by atoms with Crippen molar-refractivity contribution in [2.75, 3.05) is 0 Å². The van der Waals surface area contributed by atoms with E-state index < -0.39 is 0 Å². The maximum Gasteiger partial charge on any atom is 0.214 e. The van der Waals surface area contributed by atoms with Crippen LogP contribution in [-0.4, -0.2) is 40.4 Å². The lowest BCUT2D eigenvalue weighted by Crippen LogP contribution is -2.05. The van der Waals surface area contributed by atoms with E-state index in [1.807, 2.05) is 18.2 Å². The van der Waals surface area contributed by atoms with Gasteiger partial charge in [0.15, 0.2) is 5.82 Å². The van der Waals surface area contributed by atoms with E-state index in [2.05, 4.69) is 38.0 Å². The van der Waals surface area contributed by atoms with E-state index >= 15 is 0 Å². The van der Waals surface area contributed by atoms with Crippen LogP contribution in [0.15, 0.2) is 29.4 Å². The summed E-state index contributed by atoms with van der Waals surface area (Å²) in [6.07, 6.45) is 0.975. The molecule has 0 unspecified atom stereocenters. The maximum atomic E-state index is 6.01. The number of aromatic nitrogens is 8. The van der Waals surface area contributed by atoms with Crippen molar-refractivity contribution in [3.05, 3.63) is 35.1 Å². The Bertz CT molecular complexity index is 755. The highest BCUT2D eigenvalue weighted by Crippen LogP contribution is 2.22. The Morgan fingerprint density at radius 1 is 1.18 bits per heavy atom. The zero-order valence-corrected chi connectivity index (χ0v) is 13.4. The second-order valence-electron chi connectivity index (χ2n) is 4.46. The van der Waals surface area contributed by atoms with Crippen LogP contribution in [0.2, 0.25) is 5.02 Å². The summed E-state index contributed by atoms with van der Waals surface area (Å²) in [5.74, 6) is 1.39. The Hall–Kier alpha value is -2.00. The fourth-order valence-electron chi connectivity index (χ4n) is 1.88. The first-order chi connectivity index (χ1) is 10.8. The summed E-state index contributed by atoms with van der Waals surface area (Å²) in [6.45, 7) is 2.88. The molecule has 0 N–H and O–H groups in total. The van der Waals surface area contributed by atoms with Crippen molar-refractivity contribution in [3.63, 3.8) is 0 Å². The van der Waals surface area contributed by atoms with Crippen LogP contribution in [-0.2, 0) is 12.3 Å². The quantitative estimate of drug-likeness (QED) is 0.636. The zero-order chi connectivity index (χ0) is 15.4. The molecule has 0 atom stereocenters. The third-order valence-corrected chi connectivity index (χ3v) is 4.02. The molecule has 0 saturated heterocycles. The predicted octanol–water partition coefficient (Wildman–Crippen LogP) is 2.00. The Morgan fingerprint density at radius 3 is 2.86 bits per heavy atom. The number of tetrazole rings is 2. The van der Waals surface area contributed by atoms with Crippen LogP contribution in [0.5, 0.6) is 0 Å². The summed E-state index contributed by atoms with van der Waals surface area (Å²) < 4.78 is 3.44. The molecule has 0 aliphatic heterocycles. The molecule has 114 valence electrons. The minimum Gasteiger partial charge on any atom is -0.229 e. The van der Waals surface area contributed by atoms with Crippen molar-refractivity contribution in [1.29, 1.82) is 0 Å². The van der Waals surface area contributed by atoms with Crippen LogP contribution in [0.4, 0.5) is 0 Å². The van der Waals surface area contributed by atoms with Crippen LogP contribution < -0.4 is 0 Å². The monoisotopic (exact) mass is 336 g/mol. The number of hydrogen-bond acceptors (Lipinski definition) is 7. The smallest absolute Gasteiger partial charge is 0.214 e. The highest BCUT2D eigenvalue weighted by molar-refractivity contribution is 7.98. The molecule has 8 nitrogen and oxygen atoms in total. The van der Waals surface area contributed by atoms with Gasteiger partial charge in [0, 0.05) is 11.6 Å².